The predicted octanol–water partition coefficient (Wildman–Crippen LogP) is 0.256. The van der Waals surface area contributed by atoms with Crippen molar-refractivity contribution in [2.75, 3.05) is 18.9 Å². The zero-order chi connectivity index (χ0) is 22.4. The van der Waals surface area contributed by atoms with Crippen molar-refractivity contribution in [3.8, 4) is 0 Å². The van der Waals surface area contributed by atoms with E-state index in [2.05, 4.69) is 5.32 Å². The fourth-order valence-electron chi connectivity index (χ4n) is 2.55. The fraction of sp³-hybridized carbons (Fsp3) is 0.316. The molecular formula is C19H21ClN4O6. The average Bonchev–Trinajstić information content (AvgIpc) is 2.72. The van der Waals surface area contributed by atoms with Crippen molar-refractivity contribution in [3.05, 3.63) is 61.3 Å². The van der Waals surface area contributed by atoms with Crippen LogP contribution in [0.1, 0.15) is 33.6 Å². The van der Waals surface area contributed by atoms with E-state index in [1.807, 2.05) is 0 Å². The molecule has 10 nitrogen and oxygen atoms in total. The van der Waals surface area contributed by atoms with Crippen molar-refractivity contribution >= 4 is 35.1 Å². The highest BCUT2D eigenvalue weighted by molar-refractivity contribution is 6.30. The summed E-state index contributed by atoms with van der Waals surface area (Å²) in [5, 5.41) is 3.16. The maximum absolute atomic E-state index is 12.3. The number of hydrogen-bond donors (Lipinski definition) is 2. The molecule has 1 aromatic heterocycles. The summed E-state index contributed by atoms with van der Waals surface area (Å²) in [6.45, 7) is -0.466. The molecule has 0 aliphatic rings. The summed E-state index contributed by atoms with van der Waals surface area (Å²) in [5.41, 5.74) is 4.17. The number of carbonyl (C=O) groups excluding carboxylic acids is 3. The monoisotopic (exact) mass is 436 g/mol. The molecule has 0 aliphatic carbocycles. The third kappa shape index (κ3) is 5.35. The topological polar surface area (TPSA) is 142 Å². The number of nitrogen functional groups attached to an aromatic ring is 1. The number of benzene rings is 1. The van der Waals surface area contributed by atoms with Gasteiger partial charge in [-0.05, 0) is 30.7 Å². The van der Waals surface area contributed by atoms with Gasteiger partial charge in [0.05, 0.1) is 0 Å². The molecule has 2 rings (SSSR count). The van der Waals surface area contributed by atoms with Gasteiger partial charge in [0.15, 0.2) is 6.61 Å². The number of rotatable bonds is 8. The van der Waals surface area contributed by atoms with Crippen LogP contribution in [0, 0.1) is 0 Å². The average molecular weight is 437 g/mol. The number of nitrogens with zero attached hydrogens (tertiary/aromatic N) is 2. The summed E-state index contributed by atoms with van der Waals surface area (Å²) < 4.78 is 6.58. The molecule has 0 spiro atoms. The first-order valence-corrected chi connectivity index (χ1v) is 9.29. The molecule has 0 fully saturated rings. The Morgan fingerprint density at radius 1 is 1.10 bits per heavy atom. The number of ether oxygens (including phenoxy) is 1. The van der Waals surface area contributed by atoms with Gasteiger partial charge in [-0.25, -0.2) is 4.79 Å². The van der Waals surface area contributed by atoms with Crippen molar-refractivity contribution in [2.24, 2.45) is 14.1 Å². The predicted molar refractivity (Wildman–Crippen MR) is 110 cm³/mol. The molecule has 1 aromatic carbocycles. The zero-order valence-corrected chi connectivity index (χ0v) is 17.2. The lowest BCUT2D eigenvalue weighted by atomic mass is 10.2. The highest BCUT2D eigenvalue weighted by Gasteiger charge is 2.21. The summed E-state index contributed by atoms with van der Waals surface area (Å²) in [5.74, 6) is -2.09. The van der Waals surface area contributed by atoms with Gasteiger partial charge < -0.3 is 15.8 Å². The maximum atomic E-state index is 12.3. The molecular weight excluding hydrogens is 416 g/mol. The lowest BCUT2D eigenvalue weighted by molar-refractivity contribution is -0.142. The second-order valence-corrected chi connectivity index (χ2v) is 6.85. The van der Waals surface area contributed by atoms with Gasteiger partial charge in [0, 0.05) is 37.6 Å². The van der Waals surface area contributed by atoms with Crippen LogP contribution in [0.3, 0.4) is 0 Å². The largest absolute Gasteiger partial charge is 0.457 e. The van der Waals surface area contributed by atoms with Crippen LogP contribution in [0.5, 0.6) is 0 Å². The minimum Gasteiger partial charge on any atom is -0.457 e. The molecule has 2 aromatic rings. The first-order valence-electron chi connectivity index (χ1n) is 8.91. The van der Waals surface area contributed by atoms with Gasteiger partial charge in [-0.2, -0.15) is 0 Å². The van der Waals surface area contributed by atoms with E-state index >= 15 is 0 Å². The first kappa shape index (κ1) is 22.9. The SMILES string of the molecule is Cn1c(N)c(C(=O)COC(=O)CCCNC(=O)c2ccc(Cl)cc2)c(=O)n(C)c1=O. The molecule has 0 saturated heterocycles. The molecule has 0 saturated carbocycles. The second kappa shape index (κ2) is 9.88. The quantitative estimate of drug-likeness (QED) is 0.343. The van der Waals surface area contributed by atoms with Crippen LogP contribution in [0.25, 0.3) is 0 Å². The Labute approximate surface area is 176 Å². The minimum absolute atomic E-state index is 0.0467. The van der Waals surface area contributed by atoms with E-state index in [0.717, 1.165) is 9.13 Å². The Kier molecular flexibility index (Phi) is 7.54. The van der Waals surface area contributed by atoms with Crippen LogP contribution in [0.15, 0.2) is 33.9 Å². The molecule has 160 valence electrons. The number of nitrogens with two attached hydrogens (primary N) is 1. The number of aromatic nitrogens is 2. The molecule has 0 radical (unpaired) electrons. The Hall–Kier alpha value is -3.40. The second-order valence-electron chi connectivity index (χ2n) is 6.42. The molecule has 30 heavy (non-hydrogen) atoms. The number of hydrogen-bond acceptors (Lipinski definition) is 7. The third-order valence-corrected chi connectivity index (χ3v) is 4.55. The summed E-state index contributed by atoms with van der Waals surface area (Å²) in [7, 11) is 2.53. The number of amides is 1. The number of halogens is 1. The van der Waals surface area contributed by atoms with Crippen molar-refractivity contribution in [3.63, 3.8) is 0 Å². The van der Waals surface area contributed by atoms with E-state index in [0.29, 0.717) is 10.6 Å². The third-order valence-electron chi connectivity index (χ3n) is 4.30. The lowest BCUT2D eigenvalue weighted by Crippen LogP contribution is -2.42. The number of anilines is 1. The van der Waals surface area contributed by atoms with Crippen LogP contribution in [-0.4, -0.2) is 39.9 Å². The molecule has 0 atom stereocenters. The normalized spacial score (nSPS) is 10.5. The van der Waals surface area contributed by atoms with E-state index < -0.39 is 35.2 Å². The Balaban J connectivity index is 1.82. The zero-order valence-electron chi connectivity index (χ0n) is 16.4. The van der Waals surface area contributed by atoms with Crippen molar-refractivity contribution < 1.29 is 19.1 Å². The molecule has 3 N–H and O–H groups in total. The standard InChI is InChI=1S/C19H21ClN4O6/c1-23-16(21)15(18(28)24(2)19(23)29)13(25)10-30-14(26)4-3-9-22-17(27)11-5-7-12(20)8-6-11/h5-8H,3-4,9-10,21H2,1-2H3,(H,22,27). The molecule has 11 heteroatoms. The van der Waals surface area contributed by atoms with Gasteiger partial charge in [-0.15, -0.1) is 0 Å². The minimum atomic E-state index is -0.860. The Bertz CT molecular complexity index is 1090. The summed E-state index contributed by atoms with van der Waals surface area (Å²) in [4.78, 5) is 59.9. The summed E-state index contributed by atoms with van der Waals surface area (Å²) >= 11 is 5.76. The van der Waals surface area contributed by atoms with E-state index in [1.165, 1.54) is 14.1 Å². The Morgan fingerprint density at radius 3 is 2.37 bits per heavy atom. The fourth-order valence-corrected chi connectivity index (χ4v) is 2.68. The van der Waals surface area contributed by atoms with E-state index in [9.17, 15) is 24.0 Å². The highest BCUT2D eigenvalue weighted by Crippen LogP contribution is 2.09. The molecule has 0 bridgehead atoms. The Morgan fingerprint density at radius 2 is 1.73 bits per heavy atom. The summed E-state index contributed by atoms with van der Waals surface area (Å²) in [6.07, 6.45) is 0.241. The van der Waals surface area contributed by atoms with Crippen molar-refractivity contribution in [2.45, 2.75) is 12.8 Å². The highest BCUT2D eigenvalue weighted by atomic mass is 35.5. The van der Waals surface area contributed by atoms with Crippen LogP contribution in [0.2, 0.25) is 5.02 Å². The van der Waals surface area contributed by atoms with Crippen molar-refractivity contribution in [1.82, 2.24) is 14.5 Å². The van der Waals surface area contributed by atoms with Gasteiger partial charge in [0.2, 0.25) is 5.78 Å². The van der Waals surface area contributed by atoms with E-state index in [4.69, 9.17) is 22.1 Å². The van der Waals surface area contributed by atoms with Crippen LogP contribution in [0.4, 0.5) is 5.82 Å². The number of nitrogens with one attached hydrogen (secondary N) is 1. The van der Waals surface area contributed by atoms with Crippen LogP contribution in [-0.2, 0) is 23.6 Å². The van der Waals surface area contributed by atoms with Gasteiger partial charge >= 0.3 is 11.7 Å². The van der Waals surface area contributed by atoms with Gasteiger partial charge in [-0.1, -0.05) is 11.6 Å². The number of esters is 1. The van der Waals surface area contributed by atoms with E-state index in [1.54, 1.807) is 24.3 Å². The van der Waals surface area contributed by atoms with Gasteiger partial charge in [0.1, 0.15) is 11.4 Å². The maximum Gasteiger partial charge on any atom is 0.332 e. The molecule has 0 aliphatic heterocycles. The van der Waals surface area contributed by atoms with Gasteiger partial charge in [-0.3, -0.25) is 28.3 Å². The lowest BCUT2D eigenvalue weighted by Gasteiger charge is -2.11. The molecule has 1 heterocycles. The van der Waals surface area contributed by atoms with Crippen LogP contribution < -0.4 is 22.3 Å². The smallest absolute Gasteiger partial charge is 0.332 e. The van der Waals surface area contributed by atoms with Gasteiger partial charge in [0.25, 0.3) is 11.5 Å². The van der Waals surface area contributed by atoms with E-state index in [-0.39, 0.29) is 31.1 Å². The summed E-state index contributed by atoms with van der Waals surface area (Å²) in [6, 6.07) is 6.34. The van der Waals surface area contributed by atoms with Crippen molar-refractivity contribution in [1.29, 1.82) is 0 Å². The first-order chi connectivity index (χ1) is 14.1. The molecule has 1 amide bonds. The number of Topliss-reactive ketones (excluding diaryl/α,β-unsaturated/α-hetero) is 1. The van der Waals surface area contributed by atoms with Crippen LogP contribution >= 0.6 is 11.6 Å². The number of carbonyl (C=O) groups is 3. The molecule has 0 unspecified atom stereocenters. The number of ketones is 1.